The molecule has 3 N–H and O–H groups in total. The zero-order valence-electron chi connectivity index (χ0n) is 45.2. The summed E-state index contributed by atoms with van der Waals surface area (Å²) in [5.74, 6) is -0.0642. The van der Waals surface area contributed by atoms with Crippen LogP contribution in [0.1, 0.15) is 316 Å². The molecule has 0 aliphatic carbocycles. The molecule has 0 aliphatic rings. The molecule has 1 amide bonds. The van der Waals surface area contributed by atoms with E-state index in [0.717, 1.165) is 51.4 Å². The van der Waals surface area contributed by atoms with E-state index < -0.39 is 12.1 Å². The molecule has 67 heavy (non-hydrogen) atoms. The van der Waals surface area contributed by atoms with E-state index in [-0.39, 0.29) is 12.5 Å². The summed E-state index contributed by atoms with van der Waals surface area (Å²) >= 11 is 0. The number of aliphatic hydroxyl groups is 2. The van der Waals surface area contributed by atoms with Crippen molar-refractivity contribution in [2.24, 2.45) is 0 Å². The number of hydrogen-bond donors (Lipinski definition) is 3. The molecule has 0 spiro atoms. The molecule has 0 aliphatic heterocycles. The van der Waals surface area contributed by atoms with E-state index in [2.05, 4.69) is 67.8 Å². The molecule has 0 aromatic heterocycles. The van der Waals surface area contributed by atoms with Gasteiger partial charge in [-0.05, 0) is 57.8 Å². The highest BCUT2D eigenvalue weighted by Gasteiger charge is 2.18. The van der Waals surface area contributed by atoms with Crippen molar-refractivity contribution in [3.05, 3.63) is 60.8 Å². The lowest BCUT2D eigenvalue weighted by molar-refractivity contribution is -0.123. The van der Waals surface area contributed by atoms with Gasteiger partial charge in [0.15, 0.2) is 0 Å². The van der Waals surface area contributed by atoms with Crippen LogP contribution < -0.4 is 5.32 Å². The van der Waals surface area contributed by atoms with Crippen molar-refractivity contribution in [1.82, 2.24) is 5.32 Å². The second-order valence-corrected chi connectivity index (χ2v) is 20.4. The highest BCUT2D eigenvalue weighted by molar-refractivity contribution is 5.76. The summed E-state index contributed by atoms with van der Waals surface area (Å²) in [6.07, 6.45) is 82.6. The largest absolute Gasteiger partial charge is 0.394 e. The number of carbonyl (C=O) groups excluding carboxylic acids is 1. The fourth-order valence-corrected chi connectivity index (χ4v) is 9.23. The Morgan fingerprint density at radius 1 is 0.373 bits per heavy atom. The Bertz CT molecular complexity index is 1110. The van der Waals surface area contributed by atoms with Crippen molar-refractivity contribution in [3.8, 4) is 0 Å². The number of hydrogen-bond acceptors (Lipinski definition) is 3. The van der Waals surface area contributed by atoms with Crippen LogP contribution in [0.25, 0.3) is 0 Å². The first-order chi connectivity index (χ1) is 33.2. The fraction of sp³-hybridized carbons (Fsp3) is 0.825. The Labute approximate surface area is 419 Å². The maximum Gasteiger partial charge on any atom is 0.220 e. The smallest absolute Gasteiger partial charge is 0.220 e. The van der Waals surface area contributed by atoms with Gasteiger partial charge < -0.3 is 15.5 Å². The molecule has 4 nitrogen and oxygen atoms in total. The number of carbonyl (C=O) groups is 1. The van der Waals surface area contributed by atoms with Crippen molar-refractivity contribution in [1.29, 1.82) is 0 Å². The lowest BCUT2D eigenvalue weighted by Gasteiger charge is -2.20. The summed E-state index contributed by atoms with van der Waals surface area (Å²) in [6, 6.07) is -0.627. The molecule has 0 aromatic carbocycles. The highest BCUT2D eigenvalue weighted by Crippen LogP contribution is 2.18. The zero-order valence-corrected chi connectivity index (χ0v) is 45.2. The molecule has 0 radical (unpaired) electrons. The topological polar surface area (TPSA) is 69.6 Å². The standard InChI is InChI=1S/C63H117NO3/c1-3-5-7-9-11-13-15-17-19-21-23-25-27-29-30-31-32-33-35-36-38-40-42-44-46-48-50-52-54-56-58-62(66)61(60-65)64-63(67)59-57-55-53-51-49-47-45-43-41-39-37-34-28-26-24-22-20-18-16-14-12-10-8-6-4-2/h6,8,12,14,18,20,24,26,56,58,61-62,65-66H,3-5,7,9-11,13,15-17,19,21-23,25,27-55,57,59-60H2,1-2H3,(H,64,67)/b8-6-,14-12-,20-18-,26-24-,58-56+. The van der Waals surface area contributed by atoms with Gasteiger partial charge in [-0.15, -0.1) is 0 Å². The second-order valence-electron chi connectivity index (χ2n) is 20.4. The number of rotatable bonds is 55. The van der Waals surface area contributed by atoms with Gasteiger partial charge in [-0.1, -0.05) is 312 Å². The number of allylic oxidation sites excluding steroid dienone is 9. The Hall–Kier alpha value is -1.91. The maximum atomic E-state index is 12.5. The second kappa shape index (κ2) is 58.4. The normalized spacial score (nSPS) is 13.2. The lowest BCUT2D eigenvalue weighted by atomic mass is 10.0. The van der Waals surface area contributed by atoms with Crippen molar-refractivity contribution in [2.45, 2.75) is 328 Å². The minimum atomic E-state index is -0.844. The summed E-state index contributed by atoms with van der Waals surface area (Å²) in [4.78, 5) is 12.5. The third kappa shape index (κ3) is 54.9. The average Bonchev–Trinajstić information content (AvgIpc) is 3.33. The quantitative estimate of drug-likeness (QED) is 0.0420. The van der Waals surface area contributed by atoms with Gasteiger partial charge in [0, 0.05) is 6.42 Å². The van der Waals surface area contributed by atoms with E-state index in [0.29, 0.717) is 6.42 Å². The van der Waals surface area contributed by atoms with Gasteiger partial charge in [0.2, 0.25) is 5.91 Å². The van der Waals surface area contributed by atoms with Crippen LogP contribution in [-0.2, 0) is 4.79 Å². The minimum absolute atomic E-state index is 0.0642. The summed E-state index contributed by atoms with van der Waals surface area (Å²) in [5.41, 5.74) is 0. The van der Waals surface area contributed by atoms with Gasteiger partial charge in [-0.2, -0.15) is 0 Å². The van der Waals surface area contributed by atoms with Gasteiger partial charge in [0.05, 0.1) is 18.8 Å². The third-order valence-electron chi connectivity index (χ3n) is 13.8. The van der Waals surface area contributed by atoms with E-state index in [9.17, 15) is 15.0 Å². The molecular weight excluding hydrogens is 819 g/mol. The van der Waals surface area contributed by atoms with Crippen LogP contribution in [0.5, 0.6) is 0 Å². The Kier molecular flexibility index (Phi) is 56.7. The van der Waals surface area contributed by atoms with Crippen LogP contribution in [0, 0.1) is 0 Å². The molecular formula is C63H117NO3. The molecule has 392 valence electrons. The maximum absolute atomic E-state index is 12.5. The van der Waals surface area contributed by atoms with Crippen molar-refractivity contribution in [3.63, 3.8) is 0 Å². The summed E-state index contributed by atoms with van der Waals surface area (Å²) < 4.78 is 0. The Morgan fingerprint density at radius 3 is 0.985 bits per heavy atom. The molecule has 0 saturated heterocycles. The highest BCUT2D eigenvalue weighted by atomic mass is 16.3. The van der Waals surface area contributed by atoms with Gasteiger partial charge >= 0.3 is 0 Å². The summed E-state index contributed by atoms with van der Waals surface area (Å²) in [6.45, 7) is 4.23. The van der Waals surface area contributed by atoms with Gasteiger partial charge in [-0.25, -0.2) is 0 Å². The van der Waals surface area contributed by atoms with E-state index >= 15 is 0 Å². The Morgan fingerprint density at radius 2 is 0.657 bits per heavy atom. The number of aliphatic hydroxyl groups excluding tert-OH is 2. The SMILES string of the molecule is CC/C=C\C/C=C\C/C=C\C/C=C\CCCCCCCCCCCCCCC(=O)NC(CO)C(O)/C=C/CCCCCCCCCCCCCCCCCCCCCCCCCCCCCC. The van der Waals surface area contributed by atoms with Gasteiger partial charge in [0.1, 0.15) is 0 Å². The van der Waals surface area contributed by atoms with Gasteiger partial charge in [0.25, 0.3) is 0 Å². The molecule has 4 heteroatoms. The average molecular weight is 937 g/mol. The van der Waals surface area contributed by atoms with Crippen LogP contribution in [-0.4, -0.2) is 34.9 Å². The monoisotopic (exact) mass is 936 g/mol. The van der Waals surface area contributed by atoms with Crippen LogP contribution >= 0.6 is 0 Å². The van der Waals surface area contributed by atoms with Crippen LogP contribution in [0.4, 0.5) is 0 Å². The van der Waals surface area contributed by atoms with Crippen LogP contribution in [0.2, 0.25) is 0 Å². The van der Waals surface area contributed by atoms with Crippen LogP contribution in [0.15, 0.2) is 60.8 Å². The lowest BCUT2D eigenvalue weighted by Crippen LogP contribution is -2.45. The van der Waals surface area contributed by atoms with Gasteiger partial charge in [-0.3, -0.25) is 4.79 Å². The van der Waals surface area contributed by atoms with E-state index in [1.807, 2.05) is 6.08 Å². The number of nitrogens with one attached hydrogen (secondary N) is 1. The Balaban J connectivity index is 3.48. The molecule has 0 heterocycles. The summed E-state index contributed by atoms with van der Waals surface area (Å²) in [5, 5.41) is 23.2. The first-order valence-electron chi connectivity index (χ1n) is 30.0. The third-order valence-corrected chi connectivity index (χ3v) is 13.8. The number of unbranched alkanes of at least 4 members (excludes halogenated alkanes) is 40. The predicted molar refractivity (Wildman–Crippen MR) is 299 cm³/mol. The summed E-state index contributed by atoms with van der Waals surface area (Å²) in [7, 11) is 0. The molecule has 2 unspecified atom stereocenters. The first-order valence-corrected chi connectivity index (χ1v) is 30.0. The van der Waals surface area contributed by atoms with Crippen molar-refractivity contribution < 1.29 is 15.0 Å². The minimum Gasteiger partial charge on any atom is -0.394 e. The molecule has 0 fully saturated rings. The molecule has 2 atom stereocenters. The zero-order chi connectivity index (χ0) is 48.5. The molecule has 0 rings (SSSR count). The van der Waals surface area contributed by atoms with E-state index in [1.165, 1.54) is 244 Å². The van der Waals surface area contributed by atoms with Crippen LogP contribution in [0.3, 0.4) is 0 Å². The van der Waals surface area contributed by atoms with Crippen molar-refractivity contribution >= 4 is 5.91 Å². The number of amides is 1. The molecule has 0 bridgehead atoms. The molecule has 0 saturated carbocycles. The molecule has 0 aromatic rings. The first kappa shape index (κ1) is 65.1. The van der Waals surface area contributed by atoms with E-state index in [4.69, 9.17) is 0 Å². The van der Waals surface area contributed by atoms with Crippen molar-refractivity contribution in [2.75, 3.05) is 6.61 Å². The predicted octanol–water partition coefficient (Wildman–Crippen LogP) is 20.0. The van der Waals surface area contributed by atoms with E-state index in [1.54, 1.807) is 6.08 Å². The fourth-order valence-electron chi connectivity index (χ4n) is 9.23.